The van der Waals surface area contributed by atoms with Crippen molar-refractivity contribution < 1.29 is 27.2 Å². The van der Waals surface area contributed by atoms with Crippen molar-refractivity contribution in [2.75, 3.05) is 26.2 Å². The first-order valence-electron chi connectivity index (χ1n) is 11.5. The summed E-state index contributed by atoms with van der Waals surface area (Å²) >= 11 is 0. The van der Waals surface area contributed by atoms with Gasteiger partial charge in [0.1, 0.15) is 11.6 Å². The number of aromatic nitrogens is 5. The van der Waals surface area contributed by atoms with Gasteiger partial charge in [0.25, 0.3) is 11.8 Å². The Bertz CT molecular complexity index is 1380. The van der Waals surface area contributed by atoms with E-state index in [-0.39, 0.29) is 29.2 Å². The second kappa shape index (κ2) is 10.0. The number of benzene rings is 2. The van der Waals surface area contributed by atoms with Gasteiger partial charge in [0.15, 0.2) is 0 Å². The molecule has 0 aliphatic carbocycles. The molecule has 1 saturated heterocycles. The van der Waals surface area contributed by atoms with Crippen molar-refractivity contribution in [2.24, 2.45) is 0 Å². The monoisotopic (exact) mass is 513 g/mol. The summed E-state index contributed by atoms with van der Waals surface area (Å²) in [5.41, 5.74) is 2.01. The largest absolute Gasteiger partial charge is 0.573 e. The molecule has 2 aromatic heterocycles. The molecule has 1 aliphatic heterocycles. The number of carbonyl (C=O) groups excluding carboxylic acids is 1. The Balaban J connectivity index is 1.26. The summed E-state index contributed by atoms with van der Waals surface area (Å²) in [6.45, 7) is 5.18. The number of ether oxygens (including phenoxy) is 1. The van der Waals surface area contributed by atoms with Crippen LogP contribution in [-0.2, 0) is 6.54 Å². The van der Waals surface area contributed by atoms with Crippen LogP contribution in [0, 0.1) is 6.92 Å². The maximum Gasteiger partial charge on any atom is 0.573 e. The highest BCUT2D eigenvalue weighted by Crippen LogP contribution is 2.26. The Labute approximate surface area is 209 Å². The van der Waals surface area contributed by atoms with Crippen LogP contribution in [0.3, 0.4) is 0 Å². The first-order valence-corrected chi connectivity index (χ1v) is 11.5. The normalized spacial score (nSPS) is 14.1. The van der Waals surface area contributed by atoms with Crippen molar-refractivity contribution in [2.45, 2.75) is 19.8 Å². The lowest BCUT2D eigenvalue weighted by atomic mass is 10.1. The summed E-state index contributed by atoms with van der Waals surface area (Å²) in [4.78, 5) is 23.1. The molecule has 1 amide bonds. The maximum absolute atomic E-state index is 12.7. The molecular weight excluding hydrogens is 491 g/mol. The molecule has 1 aliphatic rings. The third kappa shape index (κ3) is 5.77. The molecule has 0 radical (unpaired) electrons. The summed E-state index contributed by atoms with van der Waals surface area (Å²) in [7, 11) is 0. The highest BCUT2D eigenvalue weighted by Gasteiger charge is 2.31. The Morgan fingerprint density at radius 1 is 1.03 bits per heavy atom. The summed E-state index contributed by atoms with van der Waals surface area (Å²) in [5.74, 6) is 0.749. The van der Waals surface area contributed by atoms with Crippen LogP contribution in [0.5, 0.6) is 5.75 Å². The Morgan fingerprint density at radius 3 is 2.41 bits per heavy atom. The van der Waals surface area contributed by atoms with Gasteiger partial charge in [-0.1, -0.05) is 17.3 Å². The fourth-order valence-electron chi connectivity index (χ4n) is 3.87. The number of carbonyl (C=O) groups is 1. The smallest absolute Gasteiger partial charge is 0.406 e. The second-order valence-corrected chi connectivity index (χ2v) is 8.37. The molecule has 0 bridgehead atoms. The SMILES string of the molecule is Cc1nc(-c2nc(-c3ccc(OC(F)(F)F)cc3)no2)nn1Cc1ccc(C(=O)N2CCNCC2)cc1. The van der Waals surface area contributed by atoms with Crippen molar-refractivity contribution in [1.29, 1.82) is 0 Å². The average molecular weight is 513 g/mol. The molecule has 0 saturated carbocycles. The first kappa shape index (κ1) is 24.4. The molecule has 5 rings (SSSR count). The second-order valence-electron chi connectivity index (χ2n) is 8.37. The Kier molecular flexibility index (Phi) is 6.61. The molecule has 13 heteroatoms. The van der Waals surface area contributed by atoms with Crippen LogP contribution in [0.1, 0.15) is 21.7 Å². The van der Waals surface area contributed by atoms with Gasteiger partial charge in [0, 0.05) is 37.3 Å². The van der Waals surface area contributed by atoms with E-state index in [0.717, 1.165) is 18.7 Å². The van der Waals surface area contributed by atoms with E-state index in [1.54, 1.807) is 11.6 Å². The van der Waals surface area contributed by atoms with Gasteiger partial charge in [-0.25, -0.2) is 9.67 Å². The van der Waals surface area contributed by atoms with E-state index in [1.165, 1.54) is 24.3 Å². The number of rotatable bonds is 6. The summed E-state index contributed by atoms with van der Waals surface area (Å²) in [6.07, 6.45) is -4.77. The van der Waals surface area contributed by atoms with Crippen LogP contribution in [0.2, 0.25) is 0 Å². The number of halogens is 3. The minimum Gasteiger partial charge on any atom is -0.406 e. The molecule has 0 atom stereocenters. The molecule has 3 heterocycles. The summed E-state index contributed by atoms with van der Waals surface area (Å²) < 4.78 is 47.9. The number of hydrogen-bond acceptors (Lipinski definition) is 8. The van der Waals surface area contributed by atoms with Crippen LogP contribution in [0.15, 0.2) is 53.1 Å². The lowest BCUT2D eigenvalue weighted by molar-refractivity contribution is -0.274. The van der Waals surface area contributed by atoms with Gasteiger partial charge < -0.3 is 19.5 Å². The number of piperazine rings is 1. The molecule has 192 valence electrons. The molecule has 0 unspecified atom stereocenters. The molecule has 37 heavy (non-hydrogen) atoms. The van der Waals surface area contributed by atoms with E-state index in [2.05, 4.69) is 30.3 Å². The summed E-state index contributed by atoms with van der Waals surface area (Å²) in [5, 5.41) is 11.6. The number of alkyl halides is 3. The Morgan fingerprint density at radius 2 is 1.73 bits per heavy atom. The Hall–Kier alpha value is -4.26. The third-order valence-electron chi connectivity index (χ3n) is 5.76. The number of hydrogen-bond donors (Lipinski definition) is 1. The van der Waals surface area contributed by atoms with Crippen molar-refractivity contribution >= 4 is 5.91 Å². The molecule has 1 N–H and O–H groups in total. The number of nitrogens with one attached hydrogen (secondary N) is 1. The topological polar surface area (TPSA) is 111 Å². The standard InChI is InChI=1S/C24H22F3N7O3/c1-15-29-21(22-30-20(32-37-22)17-6-8-19(9-7-17)36-24(25,26)27)31-34(15)14-16-2-4-18(5-3-16)23(35)33-12-10-28-11-13-33/h2-9,28H,10-14H2,1H3. The van der Waals surface area contributed by atoms with Gasteiger partial charge in [0.05, 0.1) is 6.54 Å². The molecule has 0 spiro atoms. The van der Waals surface area contributed by atoms with Gasteiger partial charge in [0.2, 0.25) is 11.6 Å². The zero-order valence-corrected chi connectivity index (χ0v) is 19.7. The van der Waals surface area contributed by atoms with Crippen molar-refractivity contribution in [3.8, 4) is 28.9 Å². The lowest BCUT2D eigenvalue weighted by Gasteiger charge is -2.27. The minimum atomic E-state index is -4.77. The van der Waals surface area contributed by atoms with Gasteiger partial charge in [-0.15, -0.1) is 18.3 Å². The van der Waals surface area contributed by atoms with Gasteiger partial charge >= 0.3 is 6.36 Å². The summed E-state index contributed by atoms with van der Waals surface area (Å²) in [6, 6.07) is 12.5. The van der Waals surface area contributed by atoms with Gasteiger partial charge in [-0.05, 0) is 48.9 Å². The average Bonchev–Trinajstić information content (AvgIpc) is 3.51. The maximum atomic E-state index is 12.7. The predicted molar refractivity (Wildman–Crippen MR) is 124 cm³/mol. The van der Waals surface area contributed by atoms with Crippen LogP contribution < -0.4 is 10.1 Å². The third-order valence-corrected chi connectivity index (χ3v) is 5.76. The fraction of sp³-hybridized carbons (Fsp3) is 0.292. The van der Waals surface area contributed by atoms with Crippen molar-refractivity contribution in [3.63, 3.8) is 0 Å². The number of amides is 1. The fourth-order valence-corrected chi connectivity index (χ4v) is 3.87. The van der Waals surface area contributed by atoms with Crippen molar-refractivity contribution in [1.82, 2.24) is 35.1 Å². The molecule has 4 aromatic rings. The molecular formula is C24H22F3N7O3. The van der Waals surface area contributed by atoms with Gasteiger partial charge in [-0.3, -0.25) is 4.79 Å². The molecule has 1 fully saturated rings. The highest BCUT2D eigenvalue weighted by molar-refractivity contribution is 5.94. The van der Waals surface area contributed by atoms with E-state index >= 15 is 0 Å². The highest BCUT2D eigenvalue weighted by atomic mass is 19.4. The van der Waals surface area contributed by atoms with Crippen LogP contribution in [-0.4, -0.2) is 68.3 Å². The quantitative estimate of drug-likeness (QED) is 0.418. The number of aryl methyl sites for hydroxylation is 1. The van der Waals surface area contributed by atoms with E-state index in [1.807, 2.05) is 29.2 Å². The zero-order chi connectivity index (χ0) is 26.0. The van der Waals surface area contributed by atoms with E-state index in [4.69, 9.17) is 4.52 Å². The lowest BCUT2D eigenvalue weighted by Crippen LogP contribution is -2.46. The van der Waals surface area contributed by atoms with Crippen molar-refractivity contribution in [3.05, 3.63) is 65.5 Å². The predicted octanol–water partition coefficient (Wildman–Crippen LogP) is 3.30. The first-order chi connectivity index (χ1) is 17.7. The zero-order valence-electron chi connectivity index (χ0n) is 19.7. The molecule has 10 nitrogen and oxygen atoms in total. The molecule has 2 aromatic carbocycles. The van der Waals surface area contributed by atoms with E-state index in [0.29, 0.717) is 36.6 Å². The van der Waals surface area contributed by atoms with Crippen LogP contribution in [0.25, 0.3) is 23.1 Å². The van der Waals surface area contributed by atoms with E-state index < -0.39 is 6.36 Å². The number of nitrogens with zero attached hydrogens (tertiary/aromatic N) is 6. The minimum absolute atomic E-state index is 0.0157. The van der Waals surface area contributed by atoms with Gasteiger partial charge in [-0.2, -0.15) is 4.98 Å². The van der Waals surface area contributed by atoms with E-state index in [9.17, 15) is 18.0 Å². The van der Waals surface area contributed by atoms with Crippen LogP contribution in [0.4, 0.5) is 13.2 Å². The van der Waals surface area contributed by atoms with Crippen LogP contribution >= 0.6 is 0 Å².